The van der Waals surface area contributed by atoms with E-state index in [-0.39, 0.29) is 5.82 Å². The van der Waals surface area contributed by atoms with Gasteiger partial charge in [-0.15, -0.1) is 10.2 Å². The number of hydrogen-bond acceptors (Lipinski definition) is 5. The Kier molecular flexibility index (Phi) is 2.59. The van der Waals surface area contributed by atoms with Crippen molar-refractivity contribution in [1.82, 2.24) is 10.2 Å². The minimum atomic E-state index is 0.242. The third-order valence-electron chi connectivity index (χ3n) is 2.22. The largest absolute Gasteiger partial charge is 0.497 e. The van der Waals surface area contributed by atoms with Crippen LogP contribution < -0.4 is 16.2 Å². The van der Waals surface area contributed by atoms with Gasteiger partial charge in [0.25, 0.3) is 0 Å². The highest BCUT2D eigenvalue weighted by molar-refractivity contribution is 5.68. The molecule has 5 nitrogen and oxygen atoms in total. The van der Waals surface area contributed by atoms with Crippen LogP contribution in [0.4, 0.5) is 11.5 Å². The lowest BCUT2D eigenvalue weighted by Gasteiger charge is -2.05. The molecule has 0 aliphatic carbocycles. The average Bonchev–Trinajstić information content (AvgIpc) is 2.33. The Hall–Kier alpha value is -2.30. The van der Waals surface area contributed by atoms with E-state index in [1.165, 1.54) is 0 Å². The van der Waals surface area contributed by atoms with Crippen molar-refractivity contribution in [3.8, 4) is 17.0 Å². The molecule has 1 aromatic heterocycles. The summed E-state index contributed by atoms with van der Waals surface area (Å²) in [7, 11) is 1.61. The lowest BCUT2D eigenvalue weighted by atomic mass is 10.1. The molecule has 0 aliphatic heterocycles. The number of nitrogens with zero attached hydrogens (tertiary/aromatic N) is 2. The maximum Gasteiger partial charge on any atom is 0.169 e. The van der Waals surface area contributed by atoms with Crippen molar-refractivity contribution >= 4 is 11.5 Å². The van der Waals surface area contributed by atoms with Gasteiger partial charge in [-0.25, -0.2) is 0 Å². The van der Waals surface area contributed by atoms with E-state index in [0.717, 1.165) is 11.3 Å². The van der Waals surface area contributed by atoms with Gasteiger partial charge < -0.3 is 16.2 Å². The van der Waals surface area contributed by atoms with Gasteiger partial charge in [0.1, 0.15) is 5.75 Å². The normalized spacial score (nSPS) is 10.1. The topological polar surface area (TPSA) is 87.0 Å². The molecule has 0 aliphatic rings. The molecule has 0 spiro atoms. The van der Waals surface area contributed by atoms with Crippen molar-refractivity contribution in [3.05, 3.63) is 30.3 Å². The first-order valence-electron chi connectivity index (χ1n) is 4.74. The third-order valence-corrected chi connectivity index (χ3v) is 2.22. The van der Waals surface area contributed by atoms with E-state index < -0.39 is 0 Å². The van der Waals surface area contributed by atoms with E-state index in [2.05, 4.69) is 10.2 Å². The summed E-state index contributed by atoms with van der Waals surface area (Å²) in [5.74, 6) is 1.00. The van der Waals surface area contributed by atoms with Crippen LogP contribution in [-0.2, 0) is 0 Å². The van der Waals surface area contributed by atoms with Crippen LogP contribution in [0, 0.1) is 0 Å². The molecule has 16 heavy (non-hydrogen) atoms. The van der Waals surface area contributed by atoms with E-state index in [9.17, 15) is 0 Å². The van der Waals surface area contributed by atoms with Gasteiger partial charge >= 0.3 is 0 Å². The van der Waals surface area contributed by atoms with Gasteiger partial charge in [0, 0.05) is 5.56 Å². The molecule has 0 radical (unpaired) electrons. The third kappa shape index (κ3) is 1.88. The molecule has 5 heteroatoms. The van der Waals surface area contributed by atoms with Crippen LogP contribution in [0.5, 0.6) is 5.75 Å². The van der Waals surface area contributed by atoms with Crippen molar-refractivity contribution in [1.29, 1.82) is 0 Å². The molecule has 0 amide bonds. The maximum atomic E-state index is 5.67. The zero-order chi connectivity index (χ0) is 11.5. The van der Waals surface area contributed by atoms with Crippen LogP contribution in [-0.4, -0.2) is 17.3 Å². The first-order chi connectivity index (χ1) is 7.70. The summed E-state index contributed by atoms with van der Waals surface area (Å²) in [5.41, 5.74) is 13.2. The SMILES string of the molecule is COc1cccc(-c2cc(N)c(N)nn2)c1. The Morgan fingerprint density at radius 1 is 1.12 bits per heavy atom. The Morgan fingerprint density at radius 2 is 1.94 bits per heavy atom. The summed E-state index contributed by atoms with van der Waals surface area (Å²) >= 11 is 0. The van der Waals surface area contributed by atoms with Crippen molar-refractivity contribution in [2.24, 2.45) is 0 Å². The smallest absolute Gasteiger partial charge is 0.169 e. The Morgan fingerprint density at radius 3 is 2.62 bits per heavy atom. The number of rotatable bonds is 2. The number of ether oxygens (including phenoxy) is 1. The number of methoxy groups -OCH3 is 1. The van der Waals surface area contributed by atoms with Gasteiger partial charge in [-0.1, -0.05) is 12.1 Å². The van der Waals surface area contributed by atoms with Crippen molar-refractivity contribution in [2.75, 3.05) is 18.6 Å². The summed E-state index contributed by atoms with van der Waals surface area (Å²) < 4.78 is 5.13. The van der Waals surface area contributed by atoms with E-state index in [4.69, 9.17) is 16.2 Å². The van der Waals surface area contributed by atoms with Crippen molar-refractivity contribution in [3.63, 3.8) is 0 Å². The lowest BCUT2D eigenvalue weighted by molar-refractivity contribution is 0.415. The summed E-state index contributed by atoms with van der Waals surface area (Å²) in [6.07, 6.45) is 0. The second-order valence-electron chi connectivity index (χ2n) is 3.30. The fraction of sp³-hybridized carbons (Fsp3) is 0.0909. The highest BCUT2D eigenvalue weighted by Crippen LogP contribution is 2.24. The maximum absolute atomic E-state index is 5.67. The fourth-order valence-electron chi connectivity index (χ4n) is 1.34. The Balaban J connectivity index is 2.46. The number of aromatic nitrogens is 2. The van der Waals surface area contributed by atoms with Crippen LogP contribution in [0.2, 0.25) is 0 Å². The van der Waals surface area contributed by atoms with Crippen molar-refractivity contribution in [2.45, 2.75) is 0 Å². The highest BCUT2D eigenvalue weighted by Gasteiger charge is 2.04. The summed E-state index contributed by atoms with van der Waals surface area (Å²) in [5, 5.41) is 7.75. The number of anilines is 2. The minimum absolute atomic E-state index is 0.242. The molecule has 0 fully saturated rings. The molecule has 0 bridgehead atoms. The predicted molar refractivity (Wildman–Crippen MR) is 62.8 cm³/mol. The minimum Gasteiger partial charge on any atom is -0.497 e. The molecular weight excluding hydrogens is 204 g/mol. The second kappa shape index (κ2) is 4.06. The standard InChI is InChI=1S/C11H12N4O/c1-16-8-4-2-3-7(5-8)10-6-9(12)11(13)15-14-10/h2-6H,1H3,(H2,12,14)(H2,13,15). The predicted octanol–water partition coefficient (Wildman–Crippen LogP) is 1.32. The van der Waals surface area contributed by atoms with Gasteiger partial charge in [-0.3, -0.25) is 0 Å². The van der Waals surface area contributed by atoms with Gasteiger partial charge in [0.2, 0.25) is 0 Å². The van der Waals surface area contributed by atoms with E-state index in [1.807, 2.05) is 24.3 Å². The molecule has 82 valence electrons. The molecule has 1 heterocycles. The molecule has 0 atom stereocenters. The van der Waals surface area contributed by atoms with Crippen LogP contribution in [0.25, 0.3) is 11.3 Å². The van der Waals surface area contributed by atoms with Crippen LogP contribution in [0.15, 0.2) is 30.3 Å². The first-order valence-corrected chi connectivity index (χ1v) is 4.74. The van der Waals surface area contributed by atoms with Gasteiger partial charge in [0.05, 0.1) is 18.5 Å². The second-order valence-corrected chi connectivity index (χ2v) is 3.30. The zero-order valence-corrected chi connectivity index (χ0v) is 8.84. The monoisotopic (exact) mass is 216 g/mol. The molecule has 2 aromatic rings. The molecule has 1 aromatic carbocycles. The molecule has 0 unspecified atom stereocenters. The van der Waals surface area contributed by atoms with Crippen LogP contribution in [0.3, 0.4) is 0 Å². The lowest BCUT2D eigenvalue weighted by Crippen LogP contribution is -2.00. The number of hydrogen-bond donors (Lipinski definition) is 2. The van der Waals surface area contributed by atoms with Crippen molar-refractivity contribution < 1.29 is 4.74 Å². The number of nitrogen functional groups attached to an aromatic ring is 2. The van der Waals surface area contributed by atoms with Gasteiger partial charge in [0.15, 0.2) is 5.82 Å². The van der Waals surface area contributed by atoms with Crippen LogP contribution in [0.1, 0.15) is 0 Å². The number of benzene rings is 1. The molecule has 0 saturated carbocycles. The van der Waals surface area contributed by atoms with E-state index >= 15 is 0 Å². The molecular formula is C11H12N4O. The molecule has 2 rings (SSSR count). The Labute approximate surface area is 93.1 Å². The number of nitrogens with two attached hydrogens (primary N) is 2. The molecule has 0 saturated heterocycles. The van der Waals surface area contributed by atoms with Gasteiger partial charge in [-0.05, 0) is 18.2 Å². The summed E-state index contributed by atoms with van der Waals surface area (Å²) in [4.78, 5) is 0. The Bertz CT molecular complexity index is 513. The van der Waals surface area contributed by atoms with E-state index in [1.54, 1.807) is 13.2 Å². The van der Waals surface area contributed by atoms with Crippen LogP contribution >= 0.6 is 0 Å². The molecule has 4 N–H and O–H groups in total. The fourth-order valence-corrected chi connectivity index (χ4v) is 1.34. The van der Waals surface area contributed by atoms with E-state index in [0.29, 0.717) is 11.4 Å². The summed E-state index contributed by atoms with van der Waals surface area (Å²) in [6, 6.07) is 9.19. The summed E-state index contributed by atoms with van der Waals surface area (Å²) in [6.45, 7) is 0. The average molecular weight is 216 g/mol. The zero-order valence-electron chi connectivity index (χ0n) is 8.84. The highest BCUT2D eigenvalue weighted by atomic mass is 16.5. The quantitative estimate of drug-likeness (QED) is 0.790. The first kappa shape index (κ1) is 10.2. The van der Waals surface area contributed by atoms with Gasteiger partial charge in [-0.2, -0.15) is 0 Å².